The number of hydrogen-bond donors (Lipinski definition) is 3. The smallest absolute Gasteiger partial charge is 0.340 e. The molecule has 1 heterocycles. The van der Waals surface area contributed by atoms with Crippen LogP contribution in [0.4, 0.5) is 5.69 Å². The summed E-state index contributed by atoms with van der Waals surface area (Å²) in [5.74, 6) is -1.99. The predicted octanol–water partition coefficient (Wildman–Crippen LogP) is 1.24. The second-order valence-corrected chi connectivity index (χ2v) is 13.7. The number of ether oxygens (including phenoxy) is 5. The number of carbonyl (C=O) groups is 2. The lowest BCUT2D eigenvalue weighted by atomic mass is 9.42. The van der Waals surface area contributed by atoms with E-state index in [0.717, 1.165) is 0 Å². The van der Waals surface area contributed by atoms with Crippen molar-refractivity contribution in [1.29, 1.82) is 0 Å². The third-order valence-electron chi connectivity index (χ3n) is 12.9. The molecule has 7 rings (SSSR count). The number of aliphatic hydroxyl groups is 2. The molecule has 43 heavy (non-hydrogen) atoms. The van der Waals surface area contributed by atoms with Gasteiger partial charge in [0.15, 0.2) is 0 Å². The van der Waals surface area contributed by atoms with Gasteiger partial charge in [0.25, 0.3) is 0 Å². The monoisotopic (exact) mass is 600 g/mol. The fourth-order valence-corrected chi connectivity index (χ4v) is 11.8. The van der Waals surface area contributed by atoms with Gasteiger partial charge in [-0.2, -0.15) is 0 Å². The molecule has 13 atom stereocenters. The predicted molar refractivity (Wildman–Crippen MR) is 153 cm³/mol. The largest absolute Gasteiger partial charge is 0.461 e. The molecule has 6 fully saturated rings. The Morgan fingerprint density at radius 3 is 2.47 bits per heavy atom. The number of esters is 1. The molecule has 5 aliphatic carbocycles. The number of nitrogens with two attached hydrogens (primary N) is 1. The quantitative estimate of drug-likeness (QED) is 0.294. The summed E-state index contributed by atoms with van der Waals surface area (Å²) in [6.45, 7) is 1.99. The van der Waals surface area contributed by atoms with Gasteiger partial charge < -0.3 is 44.5 Å². The summed E-state index contributed by atoms with van der Waals surface area (Å²) >= 11 is 0. The molecule has 236 valence electrons. The van der Waals surface area contributed by atoms with Crippen LogP contribution in [-0.4, -0.2) is 110 Å². The summed E-state index contributed by atoms with van der Waals surface area (Å²) in [4.78, 5) is 29.9. The molecule has 0 radical (unpaired) electrons. The Balaban J connectivity index is 1.44. The molecule has 1 aliphatic heterocycles. The van der Waals surface area contributed by atoms with Gasteiger partial charge in [-0.05, 0) is 44.2 Å². The zero-order chi connectivity index (χ0) is 30.7. The van der Waals surface area contributed by atoms with Crippen LogP contribution in [0, 0.1) is 34.5 Å². The third-order valence-corrected chi connectivity index (χ3v) is 12.9. The molecule has 5 saturated carbocycles. The van der Waals surface area contributed by atoms with Crippen molar-refractivity contribution in [2.24, 2.45) is 34.5 Å². The van der Waals surface area contributed by atoms with Crippen LogP contribution >= 0.6 is 0 Å². The third kappa shape index (κ3) is 3.11. The van der Waals surface area contributed by atoms with E-state index in [9.17, 15) is 19.8 Å². The molecule has 1 aromatic rings. The SMILES string of the molecule is CCN1C(=O)[C@]2(COC(=O)c3ccccc3N)CC[C@H](OC)[C@@]34[C@@H]5C[C@H]6[C@H](OC)[C@@H]5[C@](O)(C[C@@H]6OC)[C@@](O)([C@@H](OC)[C@H]23)[C@@H]14. The van der Waals surface area contributed by atoms with Crippen LogP contribution in [0.25, 0.3) is 0 Å². The summed E-state index contributed by atoms with van der Waals surface area (Å²) in [5, 5.41) is 26.3. The summed E-state index contributed by atoms with van der Waals surface area (Å²) in [7, 11) is 6.51. The molecule has 11 nitrogen and oxygen atoms in total. The number of carbonyl (C=O) groups excluding carboxylic acids is 2. The van der Waals surface area contributed by atoms with Gasteiger partial charge in [-0.25, -0.2) is 4.79 Å². The minimum atomic E-state index is -1.86. The Labute approximate surface area is 251 Å². The van der Waals surface area contributed by atoms with E-state index >= 15 is 0 Å². The minimum Gasteiger partial charge on any atom is -0.461 e. The van der Waals surface area contributed by atoms with Gasteiger partial charge in [-0.1, -0.05) is 12.1 Å². The molecular weight excluding hydrogens is 556 g/mol. The topological polar surface area (TPSA) is 150 Å². The first kappa shape index (κ1) is 29.4. The average molecular weight is 601 g/mol. The fraction of sp³-hybridized carbons (Fsp3) is 0.750. The number of methoxy groups -OCH3 is 4. The van der Waals surface area contributed by atoms with Crippen molar-refractivity contribution in [1.82, 2.24) is 4.90 Å². The summed E-state index contributed by atoms with van der Waals surface area (Å²) in [6.07, 6.45) is -0.188. The number of benzene rings is 1. The number of para-hydroxylation sites is 1. The highest BCUT2D eigenvalue weighted by molar-refractivity contribution is 5.95. The van der Waals surface area contributed by atoms with Gasteiger partial charge in [0.1, 0.15) is 17.8 Å². The van der Waals surface area contributed by atoms with Gasteiger partial charge >= 0.3 is 5.97 Å². The van der Waals surface area contributed by atoms with Crippen molar-refractivity contribution in [2.75, 3.05) is 47.3 Å². The fourth-order valence-electron chi connectivity index (χ4n) is 11.8. The first-order valence-electron chi connectivity index (χ1n) is 15.5. The van der Waals surface area contributed by atoms with E-state index in [1.54, 1.807) is 50.5 Å². The molecule has 7 bridgehead atoms. The number of fused-ring (bicyclic) bond motifs is 2. The highest BCUT2D eigenvalue weighted by Gasteiger charge is 2.93. The number of amides is 1. The zero-order valence-electron chi connectivity index (χ0n) is 25.5. The molecule has 1 saturated heterocycles. The molecule has 11 heteroatoms. The van der Waals surface area contributed by atoms with Crippen LogP contribution in [0.3, 0.4) is 0 Å². The van der Waals surface area contributed by atoms with E-state index in [0.29, 0.717) is 31.5 Å². The number of rotatable bonds is 8. The van der Waals surface area contributed by atoms with E-state index in [1.165, 1.54) is 7.11 Å². The van der Waals surface area contributed by atoms with Crippen LogP contribution in [0.1, 0.15) is 43.0 Å². The summed E-state index contributed by atoms with van der Waals surface area (Å²) in [5.41, 5.74) is 1.08. The van der Waals surface area contributed by atoms with Crippen LogP contribution in [0.2, 0.25) is 0 Å². The summed E-state index contributed by atoms with van der Waals surface area (Å²) < 4.78 is 30.7. The normalized spacial score (nSPS) is 48.9. The van der Waals surface area contributed by atoms with E-state index in [4.69, 9.17) is 29.4 Å². The maximum absolute atomic E-state index is 14.8. The van der Waals surface area contributed by atoms with Crippen LogP contribution < -0.4 is 5.73 Å². The molecule has 4 N–H and O–H groups in total. The van der Waals surface area contributed by atoms with Gasteiger partial charge in [0.05, 0.1) is 41.4 Å². The van der Waals surface area contributed by atoms with Gasteiger partial charge in [0.2, 0.25) is 5.91 Å². The average Bonchev–Trinajstić information content (AvgIpc) is 3.43. The lowest BCUT2D eigenvalue weighted by Crippen LogP contribution is -2.82. The molecule has 0 aromatic heterocycles. The minimum absolute atomic E-state index is 0.00261. The Bertz CT molecular complexity index is 1330. The zero-order valence-corrected chi connectivity index (χ0v) is 25.5. The van der Waals surface area contributed by atoms with E-state index < -0.39 is 52.0 Å². The van der Waals surface area contributed by atoms with E-state index in [1.807, 2.05) is 6.92 Å². The lowest BCUT2D eigenvalue weighted by Gasteiger charge is -2.69. The molecule has 6 aliphatic rings. The van der Waals surface area contributed by atoms with E-state index in [-0.39, 0.29) is 54.6 Å². The maximum Gasteiger partial charge on any atom is 0.340 e. The highest BCUT2D eigenvalue weighted by Crippen LogP contribution is 2.80. The Morgan fingerprint density at radius 2 is 1.84 bits per heavy atom. The second kappa shape index (κ2) is 9.61. The number of anilines is 1. The Kier molecular flexibility index (Phi) is 6.58. The Hall–Kier alpha value is -2.28. The number of likely N-dealkylation sites (tertiary alicyclic amines) is 1. The number of nitrogen functional groups attached to an aromatic ring is 1. The maximum atomic E-state index is 14.8. The van der Waals surface area contributed by atoms with Crippen molar-refractivity contribution >= 4 is 17.6 Å². The van der Waals surface area contributed by atoms with Crippen molar-refractivity contribution in [3.63, 3.8) is 0 Å². The number of nitrogens with zero attached hydrogens (tertiary/aromatic N) is 1. The number of likely N-dealkylation sites (N-methyl/N-ethyl adjacent to an activating group) is 1. The van der Waals surface area contributed by atoms with Crippen molar-refractivity contribution in [3.05, 3.63) is 29.8 Å². The molecule has 1 aromatic carbocycles. The highest BCUT2D eigenvalue weighted by atomic mass is 16.5. The standard InChI is InChI=1S/C32H44N2O9/c1-6-34-27-31-18-13-17-20(39-2)14-30(37,22(18)23(17)41-4)32(27,38)25(42-5)24(31)29(28(34)36,12-11-21(31)40-3)15-43-26(35)16-9-7-8-10-19(16)33/h7-10,17-18,20-25,27,37-38H,6,11-15,33H2,1-5H3/t17-,18-,20+,21+,22-,23+,24-,25+,27+,29+,30-,31+,32-/m1/s1. The van der Waals surface area contributed by atoms with Gasteiger partial charge in [-0.3, -0.25) is 4.79 Å². The van der Waals surface area contributed by atoms with E-state index in [2.05, 4.69) is 0 Å². The number of hydrogen-bond acceptors (Lipinski definition) is 10. The van der Waals surface area contributed by atoms with Gasteiger partial charge in [-0.15, -0.1) is 0 Å². The van der Waals surface area contributed by atoms with Crippen molar-refractivity contribution < 1.29 is 43.5 Å². The van der Waals surface area contributed by atoms with Crippen LogP contribution in [-0.2, 0) is 28.5 Å². The number of piperidine rings is 1. The summed E-state index contributed by atoms with van der Waals surface area (Å²) in [6, 6.07) is 5.92. The first-order chi connectivity index (χ1) is 20.6. The molecular formula is C32H44N2O9. The lowest BCUT2D eigenvalue weighted by molar-refractivity contribution is -0.314. The Morgan fingerprint density at radius 1 is 1.09 bits per heavy atom. The van der Waals surface area contributed by atoms with Gasteiger partial charge in [0, 0.05) is 70.3 Å². The second-order valence-electron chi connectivity index (χ2n) is 13.7. The van der Waals surface area contributed by atoms with Crippen molar-refractivity contribution in [2.45, 2.75) is 74.3 Å². The first-order valence-corrected chi connectivity index (χ1v) is 15.5. The van der Waals surface area contributed by atoms with Crippen LogP contribution in [0.5, 0.6) is 0 Å². The molecule has 1 spiro atoms. The van der Waals surface area contributed by atoms with Crippen molar-refractivity contribution in [3.8, 4) is 0 Å². The molecule has 0 unspecified atom stereocenters. The molecule has 1 amide bonds. The van der Waals surface area contributed by atoms with Crippen LogP contribution in [0.15, 0.2) is 24.3 Å².